The number of carbonyl (C=O) groups is 1. The molecule has 0 atom stereocenters. The molecular formula is C12H17N2O+. The van der Waals surface area contributed by atoms with Gasteiger partial charge in [0.05, 0.1) is 5.56 Å². The van der Waals surface area contributed by atoms with Crippen LogP contribution >= 0.6 is 0 Å². The Morgan fingerprint density at radius 1 is 1.53 bits per heavy atom. The first-order chi connectivity index (χ1) is 7.24. The fraction of sp³-hybridized carbons (Fsp3) is 0.333. The molecule has 1 rings (SSSR count). The van der Waals surface area contributed by atoms with Gasteiger partial charge in [0.25, 0.3) is 0 Å². The summed E-state index contributed by atoms with van der Waals surface area (Å²) in [5, 5.41) is 0. The SMILES string of the molecule is C#C.CC(=O)c1ccc[n+](CCCN)c1. The topological polar surface area (TPSA) is 47.0 Å². The fourth-order valence-electron chi connectivity index (χ4n) is 1.14. The van der Waals surface area contributed by atoms with Gasteiger partial charge in [-0.2, -0.15) is 0 Å². The largest absolute Gasteiger partial charge is 0.330 e. The molecule has 0 radical (unpaired) electrons. The van der Waals surface area contributed by atoms with E-state index in [1.165, 1.54) is 0 Å². The van der Waals surface area contributed by atoms with Gasteiger partial charge in [-0.15, -0.1) is 12.8 Å². The van der Waals surface area contributed by atoms with Crippen LogP contribution in [0, 0.1) is 12.8 Å². The molecule has 0 aliphatic heterocycles. The van der Waals surface area contributed by atoms with E-state index in [9.17, 15) is 4.79 Å². The summed E-state index contributed by atoms with van der Waals surface area (Å²) < 4.78 is 1.99. The van der Waals surface area contributed by atoms with Crippen molar-refractivity contribution in [2.24, 2.45) is 5.73 Å². The molecule has 1 aromatic rings. The third-order valence-electron chi connectivity index (χ3n) is 1.89. The van der Waals surface area contributed by atoms with Crippen molar-refractivity contribution in [1.29, 1.82) is 0 Å². The number of rotatable bonds is 4. The van der Waals surface area contributed by atoms with Crippen LogP contribution in [0.3, 0.4) is 0 Å². The third kappa shape index (κ3) is 4.94. The summed E-state index contributed by atoms with van der Waals surface area (Å²) in [6.45, 7) is 3.12. The predicted octanol–water partition coefficient (Wildman–Crippen LogP) is 0.775. The normalized spacial score (nSPS) is 8.80. The molecule has 0 saturated heterocycles. The molecule has 15 heavy (non-hydrogen) atoms. The highest BCUT2D eigenvalue weighted by Crippen LogP contribution is 1.95. The maximum Gasteiger partial charge on any atom is 0.179 e. The summed E-state index contributed by atoms with van der Waals surface area (Å²) in [7, 11) is 0. The Bertz CT molecular complexity index is 331. The first-order valence-electron chi connectivity index (χ1n) is 4.77. The highest BCUT2D eigenvalue weighted by molar-refractivity contribution is 5.93. The minimum atomic E-state index is 0.0992. The van der Waals surface area contributed by atoms with Gasteiger partial charge in [-0.25, -0.2) is 4.57 Å². The molecule has 80 valence electrons. The summed E-state index contributed by atoms with van der Waals surface area (Å²) in [5.74, 6) is 0.0992. The molecule has 0 aliphatic carbocycles. The highest BCUT2D eigenvalue weighted by Gasteiger charge is 2.04. The second-order valence-electron chi connectivity index (χ2n) is 3.03. The van der Waals surface area contributed by atoms with Crippen LogP contribution in [0.15, 0.2) is 24.5 Å². The Labute approximate surface area is 90.9 Å². The van der Waals surface area contributed by atoms with Crippen molar-refractivity contribution in [3.63, 3.8) is 0 Å². The maximum absolute atomic E-state index is 11.0. The molecule has 0 unspecified atom stereocenters. The maximum atomic E-state index is 11.0. The minimum absolute atomic E-state index is 0.0992. The Morgan fingerprint density at radius 2 is 2.20 bits per heavy atom. The van der Waals surface area contributed by atoms with Crippen LogP contribution in [0.25, 0.3) is 0 Å². The van der Waals surface area contributed by atoms with Crippen LogP contribution in [0.1, 0.15) is 23.7 Å². The molecule has 1 heterocycles. The van der Waals surface area contributed by atoms with E-state index >= 15 is 0 Å². The molecule has 0 aromatic carbocycles. The van der Waals surface area contributed by atoms with E-state index in [0.717, 1.165) is 18.5 Å². The lowest BCUT2D eigenvalue weighted by Crippen LogP contribution is -2.34. The van der Waals surface area contributed by atoms with E-state index in [2.05, 4.69) is 12.8 Å². The summed E-state index contributed by atoms with van der Waals surface area (Å²) in [6, 6.07) is 3.70. The smallest absolute Gasteiger partial charge is 0.179 e. The molecule has 0 fully saturated rings. The van der Waals surface area contributed by atoms with Crippen molar-refractivity contribution < 1.29 is 9.36 Å². The van der Waals surface area contributed by atoms with Crippen LogP contribution in [0.2, 0.25) is 0 Å². The number of hydrogen-bond donors (Lipinski definition) is 1. The van der Waals surface area contributed by atoms with E-state index in [1.54, 1.807) is 6.92 Å². The van der Waals surface area contributed by atoms with Crippen molar-refractivity contribution in [1.82, 2.24) is 0 Å². The molecule has 0 amide bonds. The number of aromatic nitrogens is 1. The Balaban J connectivity index is 0.000000921. The van der Waals surface area contributed by atoms with Crippen LogP contribution in [0.4, 0.5) is 0 Å². The lowest BCUT2D eigenvalue weighted by molar-refractivity contribution is -0.697. The van der Waals surface area contributed by atoms with Crippen LogP contribution < -0.4 is 10.3 Å². The highest BCUT2D eigenvalue weighted by atomic mass is 16.1. The van der Waals surface area contributed by atoms with Gasteiger partial charge in [0, 0.05) is 12.5 Å². The van der Waals surface area contributed by atoms with Gasteiger partial charge < -0.3 is 5.73 Å². The van der Waals surface area contributed by atoms with Gasteiger partial charge in [0.1, 0.15) is 6.54 Å². The first kappa shape index (κ1) is 13.3. The van der Waals surface area contributed by atoms with E-state index in [0.29, 0.717) is 6.54 Å². The second-order valence-corrected chi connectivity index (χ2v) is 3.03. The molecule has 0 spiro atoms. The molecule has 3 nitrogen and oxygen atoms in total. The van der Waals surface area contributed by atoms with E-state index < -0.39 is 0 Å². The van der Waals surface area contributed by atoms with Gasteiger partial charge in [-0.05, 0) is 19.5 Å². The minimum Gasteiger partial charge on any atom is -0.330 e. The molecular weight excluding hydrogens is 188 g/mol. The number of aryl methyl sites for hydroxylation is 1. The predicted molar refractivity (Wildman–Crippen MR) is 60.2 cm³/mol. The van der Waals surface area contributed by atoms with Gasteiger partial charge >= 0.3 is 0 Å². The standard InChI is InChI=1S/C10H15N2O.C2H2/c1-9(13)10-4-2-6-12(8-10)7-3-5-11;1-2/h2,4,6,8H,3,5,7,11H2,1H3;1-2H/q+1;. The van der Waals surface area contributed by atoms with E-state index in [-0.39, 0.29) is 5.78 Å². The summed E-state index contributed by atoms with van der Waals surface area (Å²) >= 11 is 0. The zero-order valence-corrected chi connectivity index (χ0v) is 9.02. The summed E-state index contributed by atoms with van der Waals surface area (Å²) in [4.78, 5) is 11.0. The summed E-state index contributed by atoms with van der Waals surface area (Å²) in [6.07, 6.45) is 12.7. The third-order valence-corrected chi connectivity index (χ3v) is 1.89. The Kier molecular flexibility index (Phi) is 6.86. The quantitative estimate of drug-likeness (QED) is 0.448. The van der Waals surface area contributed by atoms with Gasteiger partial charge in [-0.1, -0.05) is 0 Å². The monoisotopic (exact) mass is 205 g/mol. The second kappa shape index (κ2) is 7.72. The number of Topliss-reactive ketones (excluding diaryl/α,β-unsaturated/α-hetero) is 1. The van der Waals surface area contributed by atoms with Crippen LogP contribution in [-0.2, 0) is 6.54 Å². The van der Waals surface area contributed by atoms with E-state index in [4.69, 9.17) is 5.73 Å². The molecule has 2 N–H and O–H groups in total. The van der Waals surface area contributed by atoms with Crippen molar-refractivity contribution in [2.45, 2.75) is 19.9 Å². The Morgan fingerprint density at radius 3 is 2.73 bits per heavy atom. The lowest BCUT2D eigenvalue weighted by Gasteiger charge is -1.96. The van der Waals surface area contributed by atoms with Gasteiger partial charge in [-0.3, -0.25) is 4.79 Å². The molecule has 0 saturated carbocycles. The van der Waals surface area contributed by atoms with Crippen molar-refractivity contribution >= 4 is 5.78 Å². The average molecular weight is 205 g/mol. The number of pyridine rings is 1. The van der Waals surface area contributed by atoms with Crippen molar-refractivity contribution in [3.05, 3.63) is 30.1 Å². The van der Waals surface area contributed by atoms with Crippen molar-refractivity contribution in [3.8, 4) is 12.8 Å². The molecule has 3 heteroatoms. The van der Waals surface area contributed by atoms with E-state index in [1.807, 2.05) is 29.1 Å². The first-order valence-corrected chi connectivity index (χ1v) is 4.77. The van der Waals surface area contributed by atoms with Crippen LogP contribution in [-0.4, -0.2) is 12.3 Å². The average Bonchev–Trinajstić information content (AvgIpc) is 2.29. The van der Waals surface area contributed by atoms with Crippen LogP contribution in [0.5, 0.6) is 0 Å². The zero-order valence-electron chi connectivity index (χ0n) is 9.02. The summed E-state index contributed by atoms with van der Waals surface area (Å²) in [5.41, 5.74) is 6.14. The van der Waals surface area contributed by atoms with Crippen molar-refractivity contribution in [2.75, 3.05) is 6.54 Å². The zero-order chi connectivity index (χ0) is 11.7. The number of hydrogen-bond acceptors (Lipinski definition) is 2. The number of nitrogens with two attached hydrogens (primary N) is 1. The number of ketones is 1. The van der Waals surface area contributed by atoms with Gasteiger partial charge in [0.15, 0.2) is 18.2 Å². The molecule has 0 aliphatic rings. The Hall–Kier alpha value is -1.66. The fourth-order valence-corrected chi connectivity index (χ4v) is 1.14. The molecule has 0 bridgehead atoms. The molecule has 1 aromatic heterocycles. The lowest BCUT2D eigenvalue weighted by atomic mass is 10.2. The number of nitrogens with zero attached hydrogens (tertiary/aromatic N) is 1. The number of terminal acetylenes is 1. The number of carbonyl (C=O) groups excluding carboxylic acids is 1. The van der Waals surface area contributed by atoms with Gasteiger partial charge in [0.2, 0.25) is 0 Å².